The van der Waals surface area contributed by atoms with Crippen LogP contribution in [0.4, 0.5) is 65.9 Å². The molecule has 21 nitrogen and oxygen atoms in total. The van der Waals surface area contributed by atoms with Crippen LogP contribution in [0.5, 0.6) is 0 Å². The number of aliphatic carboxylic acids is 1. The van der Waals surface area contributed by atoms with E-state index in [1.54, 1.807) is 73.2 Å². The van der Waals surface area contributed by atoms with E-state index in [4.69, 9.17) is 22.3 Å². The van der Waals surface area contributed by atoms with Crippen molar-refractivity contribution >= 4 is 108 Å². The molecular formula is C91H70ClF15N10O11. The van der Waals surface area contributed by atoms with Crippen molar-refractivity contribution < 1.29 is 119 Å². The molecule has 0 unspecified atom stereocenters. The van der Waals surface area contributed by atoms with Crippen LogP contribution in [0.25, 0.3) is 76.8 Å². The number of H-pyrrole nitrogens is 5. The standard InChI is InChI=1S/C31H23F4N3O2.C20H16F3N3O.C11H7F2NO3.C11H9F2NO2.C10H7F2NO2.C8H5F2N.ClH.H2O/c32-22-8-17(9-23(33)13-22)7-20(11-24(39)12-21-16-38-29-15-28(35)27(34)14-26(21)29)30-25(5-2-6-37-30)18-3-1-4-19(10-18)31(36)40;21-13-6-11(7-14(22)10-13)8-18(24)19-15(2-1-5-26-19)12-3-4-17(23)16(9-12)20(25)27;1-17-11(16)10(15)6-4-14-9-3-8(13)7(12)2-5(6)9;1-16-11(15)2-6-5-14-10-4-9(13)8(12)3-7(6)10;11-7-2-6-5(1-10(14)15)4-13-9(6)3-8(7)12;9-6-3-5-1-2-11-8(5)4-7(6)10;;/h1-6,8-10,13-16,20,38H,7,11-12H2,(H2,36,40);1-7,9-10,18H,8,24H2,(H2,25,27);2-4,14H,1H3;3-5,14H,2H2,1H3;2-4,13H,1H2,(H,14,15);1-4,11H;1H;1H2/t20-;18-;;;;;;/m10....../s1. The first-order chi connectivity index (χ1) is 60.0. The minimum absolute atomic E-state index is 0. The molecule has 662 valence electrons. The zero-order valence-electron chi connectivity index (χ0n) is 66.4. The van der Waals surface area contributed by atoms with E-state index >= 15 is 0 Å². The van der Waals surface area contributed by atoms with Gasteiger partial charge in [-0.2, -0.15) is 0 Å². The van der Waals surface area contributed by atoms with Gasteiger partial charge in [0.25, 0.3) is 11.7 Å². The van der Waals surface area contributed by atoms with Gasteiger partial charge in [0, 0.05) is 176 Å². The predicted octanol–water partition coefficient (Wildman–Crippen LogP) is 18.0. The number of ketones is 2. The van der Waals surface area contributed by atoms with Crippen molar-refractivity contribution in [1.29, 1.82) is 0 Å². The number of hydrogen-bond acceptors (Lipinski definition) is 12. The SMILES string of the molecule is COC(=O)C(=O)c1c[nH]c2cc(F)c(F)cc12.COC(=O)Cc1c[nH]c2cc(F)c(F)cc12.Cl.Fc1cc2cc[nH]c2cc1F.NC(=O)c1cc(-c2cccnc2[C@@H](N)Cc2cc(F)cc(F)c2)ccc1F.NC(=O)c1cccc(-c2cccnc2[C@@H](CC(=O)Cc2c[nH]c3cc(F)c(F)cc23)Cc2cc(F)cc(F)c2)c1.O.O=C(O)Cc1c[nH]c2cc(F)c(F)cc12. The Hall–Kier alpha value is -15.2. The number of aromatic nitrogens is 7. The zero-order valence-corrected chi connectivity index (χ0v) is 67.2. The number of carbonyl (C=O) groups is 7. The molecule has 0 spiro atoms. The Morgan fingerprint density at radius 2 is 0.852 bits per heavy atom. The Balaban J connectivity index is 0.000000183. The molecule has 2 atom stereocenters. The van der Waals surface area contributed by atoms with E-state index < -0.39 is 135 Å². The average molecular weight is 1800 g/mol. The van der Waals surface area contributed by atoms with Gasteiger partial charge in [0.1, 0.15) is 34.9 Å². The molecule has 16 aromatic rings. The summed E-state index contributed by atoms with van der Waals surface area (Å²) < 4.78 is 208. The number of nitrogens with one attached hydrogen (secondary N) is 5. The van der Waals surface area contributed by atoms with Crippen LogP contribution < -0.4 is 17.2 Å². The number of halogens is 16. The van der Waals surface area contributed by atoms with Gasteiger partial charge >= 0.3 is 17.9 Å². The highest BCUT2D eigenvalue weighted by Crippen LogP contribution is 2.36. The largest absolute Gasteiger partial charge is 0.481 e. The monoisotopic (exact) mass is 1800 g/mol. The van der Waals surface area contributed by atoms with Crippen LogP contribution in [-0.4, -0.2) is 101 Å². The summed E-state index contributed by atoms with van der Waals surface area (Å²) in [7, 11) is 2.34. The first kappa shape index (κ1) is 96.6. The number of fused-ring (bicyclic) bond motifs is 5. The van der Waals surface area contributed by atoms with Crippen LogP contribution in [0.3, 0.4) is 0 Å². The van der Waals surface area contributed by atoms with Gasteiger partial charge in [0.15, 0.2) is 58.2 Å². The van der Waals surface area contributed by atoms with E-state index in [1.807, 2.05) is 0 Å². The summed E-state index contributed by atoms with van der Waals surface area (Å²) in [6.45, 7) is 0. The number of carboxylic acids is 1. The number of primary amides is 2. The minimum Gasteiger partial charge on any atom is -0.481 e. The van der Waals surface area contributed by atoms with E-state index in [0.717, 1.165) is 79.9 Å². The fraction of sp³-hybridized carbons (Fsp3) is 0.110. The Morgan fingerprint density at radius 3 is 1.34 bits per heavy atom. The lowest BCUT2D eigenvalue weighted by atomic mass is 9.85. The lowest BCUT2D eigenvalue weighted by molar-refractivity contribution is -0.140. The number of ether oxygens (including phenoxy) is 2. The molecule has 0 aliphatic carbocycles. The molecule has 0 aliphatic rings. The third-order valence-electron chi connectivity index (χ3n) is 19.3. The molecule has 7 heterocycles. The van der Waals surface area contributed by atoms with E-state index in [9.17, 15) is 99.4 Å². The molecule has 9 aromatic carbocycles. The predicted molar refractivity (Wildman–Crippen MR) is 445 cm³/mol. The summed E-state index contributed by atoms with van der Waals surface area (Å²) in [5, 5.41) is 10.7. The van der Waals surface area contributed by atoms with Gasteiger partial charge in [-0.15, -0.1) is 12.4 Å². The maximum absolute atomic E-state index is 14.0. The van der Waals surface area contributed by atoms with Crippen LogP contribution >= 0.6 is 12.4 Å². The second-order valence-electron chi connectivity index (χ2n) is 27.9. The molecule has 16 rings (SSSR count). The molecule has 0 bridgehead atoms. The van der Waals surface area contributed by atoms with Crippen LogP contribution in [0.1, 0.15) is 88.7 Å². The third kappa shape index (κ3) is 24.0. The number of rotatable bonds is 20. The van der Waals surface area contributed by atoms with Crippen LogP contribution in [0, 0.1) is 87.3 Å². The van der Waals surface area contributed by atoms with Gasteiger partial charge < -0.3 is 62.2 Å². The first-order valence-electron chi connectivity index (χ1n) is 37.2. The zero-order chi connectivity index (χ0) is 91.1. The molecule has 128 heavy (non-hydrogen) atoms. The van der Waals surface area contributed by atoms with E-state index in [1.165, 1.54) is 74.4 Å². The maximum atomic E-state index is 14.0. The number of nitrogens with zero attached hydrogens (tertiary/aromatic N) is 2. The number of methoxy groups -OCH3 is 2. The number of amides is 2. The lowest BCUT2D eigenvalue weighted by Crippen LogP contribution is -2.17. The quantitative estimate of drug-likeness (QED) is 0.0148. The molecule has 0 saturated heterocycles. The van der Waals surface area contributed by atoms with Crippen molar-refractivity contribution in [3.8, 4) is 22.3 Å². The second-order valence-corrected chi connectivity index (χ2v) is 27.9. The number of carbonyl (C=O) groups excluding carboxylic acids is 6. The minimum atomic E-state index is -1.09. The fourth-order valence-corrected chi connectivity index (χ4v) is 13.5. The number of aromatic amines is 5. The summed E-state index contributed by atoms with van der Waals surface area (Å²) in [5.74, 6) is -18.9. The number of benzene rings is 9. The summed E-state index contributed by atoms with van der Waals surface area (Å²) in [6.07, 6.45) is 10.3. The highest BCUT2D eigenvalue weighted by Gasteiger charge is 2.27. The Bertz CT molecular complexity index is 6760. The topological polar surface area (TPSA) is 372 Å². The second kappa shape index (κ2) is 43.0. The smallest absolute Gasteiger partial charge is 0.379 e. The van der Waals surface area contributed by atoms with Gasteiger partial charge in [-0.25, -0.2) is 70.7 Å². The number of carboxylic acid groups (broad SMARTS) is 1. The average Bonchev–Trinajstić information content (AvgIpc) is 1.63. The fourth-order valence-electron chi connectivity index (χ4n) is 13.5. The summed E-state index contributed by atoms with van der Waals surface area (Å²) in [6, 6.07) is 35.1. The molecule has 7 aromatic heterocycles. The van der Waals surface area contributed by atoms with Gasteiger partial charge in [-0.1, -0.05) is 30.3 Å². The molecule has 14 N–H and O–H groups in total. The van der Waals surface area contributed by atoms with E-state index in [0.29, 0.717) is 105 Å². The molecule has 0 fully saturated rings. The number of nitrogens with two attached hydrogens (primary N) is 3. The molecule has 37 heteroatoms. The maximum Gasteiger partial charge on any atom is 0.379 e. The van der Waals surface area contributed by atoms with Crippen molar-refractivity contribution in [3.05, 3.63) is 356 Å². The van der Waals surface area contributed by atoms with Gasteiger partial charge in [0.05, 0.1) is 55.6 Å². The van der Waals surface area contributed by atoms with Gasteiger partial charge in [-0.05, 0) is 149 Å². The van der Waals surface area contributed by atoms with E-state index in [-0.39, 0.29) is 89.8 Å². The Labute approximate surface area is 719 Å². The molecular weight excluding hydrogens is 1730 g/mol. The van der Waals surface area contributed by atoms with Crippen molar-refractivity contribution in [2.24, 2.45) is 17.2 Å². The third-order valence-corrected chi connectivity index (χ3v) is 19.3. The van der Waals surface area contributed by atoms with Crippen LogP contribution in [0.2, 0.25) is 0 Å². The summed E-state index contributed by atoms with van der Waals surface area (Å²) in [5.41, 5.74) is 24.4. The molecule has 0 aliphatic heterocycles. The van der Waals surface area contributed by atoms with Gasteiger partial charge in [-0.3, -0.25) is 38.7 Å². The number of Topliss-reactive ketones (excluding diaryl/α,β-unsaturated/α-hetero) is 2. The Morgan fingerprint density at radius 1 is 0.414 bits per heavy atom. The number of esters is 2. The first-order valence-corrected chi connectivity index (χ1v) is 37.2. The molecule has 2 amide bonds. The highest BCUT2D eigenvalue weighted by molar-refractivity contribution is 6.43. The number of pyridine rings is 2. The van der Waals surface area contributed by atoms with Crippen molar-refractivity contribution in [3.63, 3.8) is 0 Å². The normalized spacial score (nSPS) is 11.2. The molecule has 0 saturated carbocycles. The molecule has 0 radical (unpaired) electrons. The Kier molecular flexibility index (Phi) is 32.4. The van der Waals surface area contributed by atoms with Crippen molar-refractivity contribution in [2.75, 3.05) is 14.2 Å². The van der Waals surface area contributed by atoms with E-state index in [2.05, 4.69) is 44.4 Å². The number of hydrogen-bond donors (Lipinski definition) is 9. The van der Waals surface area contributed by atoms with Crippen molar-refractivity contribution in [1.82, 2.24) is 34.9 Å². The highest BCUT2D eigenvalue weighted by atomic mass is 35.5. The van der Waals surface area contributed by atoms with Crippen LogP contribution in [-0.2, 0) is 60.8 Å². The van der Waals surface area contributed by atoms with Crippen LogP contribution in [0.15, 0.2) is 213 Å². The van der Waals surface area contributed by atoms with Gasteiger partial charge in [0.2, 0.25) is 5.91 Å². The summed E-state index contributed by atoms with van der Waals surface area (Å²) >= 11 is 0. The van der Waals surface area contributed by atoms with Crippen molar-refractivity contribution in [2.45, 2.75) is 50.5 Å². The lowest BCUT2D eigenvalue weighted by Gasteiger charge is -2.20. The summed E-state index contributed by atoms with van der Waals surface area (Å²) in [4.78, 5) is 103.